The third-order valence-electron chi connectivity index (χ3n) is 2.67. The van der Waals surface area contributed by atoms with E-state index in [0.717, 1.165) is 28.8 Å². The Kier molecular flexibility index (Phi) is 4.69. The molecule has 0 aliphatic carbocycles. The molecule has 4 nitrogen and oxygen atoms in total. The van der Waals surface area contributed by atoms with Crippen molar-refractivity contribution in [1.29, 1.82) is 0 Å². The zero-order valence-corrected chi connectivity index (χ0v) is 12.1. The summed E-state index contributed by atoms with van der Waals surface area (Å²) in [6.07, 6.45) is 1.04. The lowest BCUT2D eigenvalue weighted by Crippen LogP contribution is -2.30. The van der Waals surface area contributed by atoms with Crippen LogP contribution in [0.4, 0.5) is 8.78 Å². The number of hydrogen-bond acceptors (Lipinski definition) is 4. The Bertz CT molecular complexity index is 661. The quantitative estimate of drug-likeness (QED) is 0.680. The number of carbonyl (C=O) groups is 2. The van der Waals surface area contributed by atoms with Gasteiger partial charge in [0.1, 0.15) is 16.0 Å². The first-order chi connectivity index (χ1) is 9.88. The molecule has 1 heterocycles. The van der Waals surface area contributed by atoms with Gasteiger partial charge < -0.3 is 5.11 Å². The molecule has 8 heteroatoms. The molecule has 1 fully saturated rings. The maximum atomic E-state index is 13.5. The third-order valence-corrected chi connectivity index (χ3v) is 4.05. The smallest absolute Gasteiger partial charge is 0.305 e. The average Bonchev–Trinajstić information content (AvgIpc) is 2.65. The first-order valence-electron chi connectivity index (χ1n) is 5.80. The summed E-state index contributed by atoms with van der Waals surface area (Å²) >= 11 is 5.95. The van der Waals surface area contributed by atoms with E-state index in [4.69, 9.17) is 17.3 Å². The highest BCUT2D eigenvalue weighted by Crippen LogP contribution is 2.33. The number of halogens is 2. The van der Waals surface area contributed by atoms with Crippen LogP contribution in [0.2, 0.25) is 0 Å². The van der Waals surface area contributed by atoms with E-state index >= 15 is 0 Å². The minimum absolute atomic E-state index is 0.0385. The van der Waals surface area contributed by atoms with Crippen LogP contribution in [0, 0.1) is 11.6 Å². The van der Waals surface area contributed by atoms with Gasteiger partial charge in [-0.3, -0.25) is 14.5 Å². The molecule has 21 heavy (non-hydrogen) atoms. The van der Waals surface area contributed by atoms with Crippen LogP contribution in [-0.4, -0.2) is 32.7 Å². The van der Waals surface area contributed by atoms with Gasteiger partial charge in [0, 0.05) is 18.2 Å². The van der Waals surface area contributed by atoms with Crippen molar-refractivity contribution in [2.24, 2.45) is 0 Å². The van der Waals surface area contributed by atoms with Crippen molar-refractivity contribution in [1.82, 2.24) is 4.90 Å². The van der Waals surface area contributed by atoms with Crippen molar-refractivity contribution in [2.45, 2.75) is 6.42 Å². The molecule has 1 saturated heterocycles. The van der Waals surface area contributed by atoms with E-state index in [0.29, 0.717) is 0 Å². The summed E-state index contributed by atoms with van der Waals surface area (Å²) < 4.78 is 26.6. The summed E-state index contributed by atoms with van der Waals surface area (Å²) in [7, 11) is 0. The number of thiocarbonyl (C=S) groups is 1. The van der Waals surface area contributed by atoms with E-state index in [1.165, 1.54) is 12.1 Å². The van der Waals surface area contributed by atoms with Crippen molar-refractivity contribution in [3.63, 3.8) is 0 Å². The Morgan fingerprint density at radius 1 is 1.43 bits per heavy atom. The van der Waals surface area contributed by atoms with Crippen LogP contribution in [0.5, 0.6) is 0 Å². The fourth-order valence-corrected chi connectivity index (χ4v) is 2.96. The zero-order valence-electron chi connectivity index (χ0n) is 10.5. The second-order valence-corrected chi connectivity index (χ2v) is 5.82. The van der Waals surface area contributed by atoms with Gasteiger partial charge in [0.25, 0.3) is 5.91 Å². The number of carboxylic acid groups (broad SMARTS) is 1. The number of nitrogens with zero attached hydrogens (tertiary/aromatic N) is 1. The van der Waals surface area contributed by atoms with Crippen molar-refractivity contribution in [2.75, 3.05) is 6.54 Å². The molecular formula is C13H9F2NO3S2. The first kappa shape index (κ1) is 15.6. The molecule has 0 bridgehead atoms. The van der Waals surface area contributed by atoms with Crippen LogP contribution >= 0.6 is 24.0 Å². The summed E-state index contributed by atoms with van der Waals surface area (Å²) in [6, 6.07) is 3.02. The molecule has 1 aromatic carbocycles. The first-order valence-corrected chi connectivity index (χ1v) is 7.03. The number of hydrogen-bond donors (Lipinski definition) is 1. The fourth-order valence-electron chi connectivity index (χ4n) is 1.66. The number of thioether (sulfide) groups is 1. The van der Waals surface area contributed by atoms with E-state index in [9.17, 15) is 18.4 Å². The van der Waals surface area contributed by atoms with Gasteiger partial charge in [0.15, 0.2) is 0 Å². The molecule has 110 valence electrons. The molecular weight excluding hydrogens is 320 g/mol. The van der Waals surface area contributed by atoms with Gasteiger partial charge in [-0.2, -0.15) is 0 Å². The maximum Gasteiger partial charge on any atom is 0.305 e. The van der Waals surface area contributed by atoms with E-state index < -0.39 is 23.5 Å². The van der Waals surface area contributed by atoms with Gasteiger partial charge in [-0.15, -0.1) is 0 Å². The average molecular weight is 329 g/mol. The minimum atomic E-state index is -1.04. The topological polar surface area (TPSA) is 57.6 Å². The maximum absolute atomic E-state index is 13.5. The zero-order chi connectivity index (χ0) is 15.6. The van der Waals surface area contributed by atoms with Crippen LogP contribution < -0.4 is 0 Å². The number of rotatable bonds is 4. The second-order valence-electron chi connectivity index (χ2n) is 4.14. The Labute approximate surface area is 128 Å². The molecule has 0 unspecified atom stereocenters. The second kappa shape index (κ2) is 6.31. The molecule has 0 atom stereocenters. The van der Waals surface area contributed by atoms with Crippen LogP contribution in [0.1, 0.15) is 12.0 Å². The lowest BCUT2D eigenvalue weighted by molar-refractivity contribution is -0.137. The predicted octanol–water partition coefficient (Wildman–Crippen LogP) is 2.64. The molecule has 1 N–H and O–H groups in total. The molecule has 1 amide bonds. The number of benzene rings is 1. The van der Waals surface area contributed by atoms with Gasteiger partial charge in [-0.05, 0) is 18.2 Å². The van der Waals surface area contributed by atoms with Crippen molar-refractivity contribution in [3.05, 3.63) is 40.3 Å². The van der Waals surface area contributed by atoms with Crippen LogP contribution in [0.15, 0.2) is 23.1 Å². The van der Waals surface area contributed by atoms with E-state index in [2.05, 4.69) is 0 Å². The molecule has 1 aromatic rings. The Morgan fingerprint density at radius 2 is 2.14 bits per heavy atom. The van der Waals surface area contributed by atoms with Crippen molar-refractivity contribution < 1.29 is 23.5 Å². The van der Waals surface area contributed by atoms with Crippen molar-refractivity contribution in [3.8, 4) is 0 Å². The highest BCUT2D eigenvalue weighted by atomic mass is 32.2. The Morgan fingerprint density at radius 3 is 2.76 bits per heavy atom. The van der Waals surface area contributed by atoms with Crippen LogP contribution in [-0.2, 0) is 9.59 Å². The Hall–Kier alpha value is -1.80. The highest BCUT2D eigenvalue weighted by Gasteiger charge is 2.32. The molecule has 1 aliphatic rings. The van der Waals surface area contributed by atoms with Gasteiger partial charge in [-0.1, -0.05) is 24.0 Å². The van der Waals surface area contributed by atoms with Crippen LogP contribution in [0.25, 0.3) is 6.08 Å². The number of amides is 1. The van der Waals surface area contributed by atoms with Gasteiger partial charge in [0.2, 0.25) is 0 Å². The van der Waals surface area contributed by atoms with E-state index in [1.807, 2.05) is 0 Å². The standard InChI is InChI=1S/C13H9F2NO3S2/c14-8-2-1-7(9(15)6-8)5-10-12(19)16(13(20)21-10)4-3-11(17)18/h1-2,5-6H,3-4H2,(H,17,18)/b10-5+. The lowest BCUT2D eigenvalue weighted by Gasteiger charge is -2.12. The molecule has 0 saturated carbocycles. The SMILES string of the molecule is O=C(O)CCN1C(=O)/C(=C\c2ccc(F)cc2F)SC1=S. The molecule has 2 rings (SSSR count). The predicted molar refractivity (Wildman–Crippen MR) is 78.5 cm³/mol. The molecule has 0 spiro atoms. The molecule has 0 radical (unpaired) electrons. The summed E-state index contributed by atoms with van der Waals surface area (Å²) in [5, 5.41) is 8.62. The van der Waals surface area contributed by atoms with E-state index in [1.54, 1.807) is 0 Å². The fraction of sp³-hybridized carbons (Fsp3) is 0.154. The molecule has 0 aromatic heterocycles. The highest BCUT2D eigenvalue weighted by molar-refractivity contribution is 8.26. The molecule has 1 aliphatic heterocycles. The Balaban J connectivity index is 2.21. The number of carbonyl (C=O) groups excluding carboxylic acids is 1. The lowest BCUT2D eigenvalue weighted by atomic mass is 10.2. The van der Waals surface area contributed by atoms with Gasteiger partial charge in [0.05, 0.1) is 11.3 Å². The monoisotopic (exact) mass is 329 g/mol. The van der Waals surface area contributed by atoms with Crippen molar-refractivity contribution >= 4 is 46.3 Å². The number of aliphatic carboxylic acids is 1. The van der Waals surface area contributed by atoms with Gasteiger partial charge in [-0.25, -0.2) is 8.78 Å². The summed E-state index contributed by atoms with van der Waals surface area (Å²) in [5.74, 6) is -3.02. The summed E-state index contributed by atoms with van der Waals surface area (Å²) in [4.78, 5) is 23.9. The van der Waals surface area contributed by atoms with Gasteiger partial charge >= 0.3 is 5.97 Å². The van der Waals surface area contributed by atoms with E-state index in [-0.39, 0.29) is 27.8 Å². The summed E-state index contributed by atoms with van der Waals surface area (Å²) in [6.45, 7) is -0.0385. The minimum Gasteiger partial charge on any atom is -0.481 e. The normalized spacial score (nSPS) is 16.9. The van der Waals surface area contributed by atoms with Crippen LogP contribution in [0.3, 0.4) is 0 Å². The largest absolute Gasteiger partial charge is 0.481 e. The summed E-state index contributed by atoms with van der Waals surface area (Å²) in [5.41, 5.74) is 0.0649. The number of carboxylic acids is 1. The third kappa shape index (κ3) is 3.64.